The van der Waals surface area contributed by atoms with Crippen molar-refractivity contribution in [1.82, 2.24) is 4.90 Å². The van der Waals surface area contributed by atoms with E-state index in [1.807, 2.05) is 11.3 Å². The maximum absolute atomic E-state index is 3.53. The van der Waals surface area contributed by atoms with Gasteiger partial charge < -0.3 is 0 Å². The third-order valence-corrected chi connectivity index (χ3v) is 4.96. The van der Waals surface area contributed by atoms with Crippen molar-refractivity contribution in [3.63, 3.8) is 0 Å². The SMILES string of the molecule is BrCCC1CCN(Cc2ccc(Br)s2)C1. The molecule has 84 valence electrons. The monoisotopic (exact) mass is 351 g/mol. The highest BCUT2D eigenvalue weighted by Crippen LogP contribution is 2.26. The molecular formula is C11H15Br2NS. The summed E-state index contributed by atoms with van der Waals surface area (Å²) >= 11 is 8.89. The molecule has 0 radical (unpaired) electrons. The van der Waals surface area contributed by atoms with E-state index in [4.69, 9.17) is 0 Å². The van der Waals surface area contributed by atoms with Crippen LogP contribution in [0.5, 0.6) is 0 Å². The number of likely N-dealkylation sites (tertiary alicyclic amines) is 1. The van der Waals surface area contributed by atoms with E-state index in [9.17, 15) is 0 Å². The van der Waals surface area contributed by atoms with E-state index in [-0.39, 0.29) is 0 Å². The summed E-state index contributed by atoms with van der Waals surface area (Å²) in [5.41, 5.74) is 0. The van der Waals surface area contributed by atoms with Gasteiger partial charge in [-0.2, -0.15) is 0 Å². The molecule has 1 aliphatic rings. The number of hydrogen-bond donors (Lipinski definition) is 0. The normalized spacial score (nSPS) is 22.4. The van der Waals surface area contributed by atoms with E-state index in [2.05, 4.69) is 48.9 Å². The molecule has 1 unspecified atom stereocenters. The molecule has 1 aromatic heterocycles. The quantitative estimate of drug-likeness (QED) is 0.737. The Bertz CT molecular complexity index is 313. The van der Waals surface area contributed by atoms with Crippen LogP contribution in [0.3, 0.4) is 0 Å². The smallest absolute Gasteiger partial charge is 0.0701 e. The van der Waals surface area contributed by atoms with Gasteiger partial charge in [0.2, 0.25) is 0 Å². The standard InChI is InChI=1S/C11H15Br2NS/c12-5-3-9-4-6-14(7-9)8-10-1-2-11(13)15-10/h1-2,9H,3-8H2. The molecule has 0 N–H and O–H groups in total. The zero-order chi connectivity index (χ0) is 10.7. The van der Waals surface area contributed by atoms with Crippen molar-refractivity contribution in [2.75, 3.05) is 18.4 Å². The number of halogens is 2. The molecular weight excluding hydrogens is 338 g/mol. The van der Waals surface area contributed by atoms with Gasteiger partial charge in [-0.15, -0.1) is 11.3 Å². The van der Waals surface area contributed by atoms with Gasteiger partial charge in [-0.05, 0) is 53.4 Å². The fraction of sp³-hybridized carbons (Fsp3) is 0.636. The van der Waals surface area contributed by atoms with E-state index >= 15 is 0 Å². The summed E-state index contributed by atoms with van der Waals surface area (Å²) in [5, 5.41) is 1.15. The Kier molecular flexibility index (Phi) is 4.68. The molecule has 1 fully saturated rings. The number of nitrogens with zero attached hydrogens (tertiary/aromatic N) is 1. The molecule has 1 aliphatic heterocycles. The van der Waals surface area contributed by atoms with Gasteiger partial charge >= 0.3 is 0 Å². The van der Waals surface area contributed by atoms with Gasteiger partial charge in [0.1, 0.15) is 0 Å². The number of alkyl halides is 1. The van der Waals surface area contributed by atoms with Crippen LogP contribution in [-0.4, -0.2) is 23.3 Å². The van der Waals surface area contributed by atoms with Crippen molar-refractivity contribution in [3.05, 3.63) is 20.8 Å². The fourth-order valence-electron chi connectivity index (χ4n) is 2.10. The number of thiophene rings is 1. The maximum Gasteiger partial charge on any atom is 0.0701 e. The number of hydrogen-bond acceptors (Lipinski definition) is 2. The Hall–Kier alpha value is 0.620. The second kappa shape index (κ2) is 5.80. The molecule has 0 bridgehead atoms. The van der Waals surface area contributed by atoms with Gasteiger partial charge in [0.05, 0.1) is 3.79 Å². The lowest BCUT2D eigenvalue weighted by molar-refractivity contribution is 0.318. The Morgan fingerprint density at radius 1 is 1.47 bits per heavy atom. The highest BCUT2D eigenvalue weighted by atomic mass is 79.9. The molecule has 0 aliphatic carbocycles. The molecule has 1 saturated heterocycles. The van der Waals surface area contributed by atoms with Gasteiger partial charge in [0, 0.05) is 23.3 Å². The molecule has 0 saturated carbocycles. The minimum Gasteiger partial charge on any atom is -0.298 e. The van der Waals surface area contributed by atoms with Crippen LogP contribution in [0, 0.1) is 5.92 Å². The summed E-state index contributed by atoms with van der Waals surface area (Å²) in [4.78, 5) is 4.05. The second-order valence-corrected chi connectivity index (χ2v) is 7.41. The summed E-state index contributed by atoms with van der Waals surface area (Å²) in [6, 6.07) is 4.37. The van der Waals surface area contributed by atoms with Crippen molar-refractivity contribution in [2.24, 2.45) is 5.92 Å². The van der Waals surface area contributed by atoms with Gasteiger partial charge in [-0.1, -0.05) is 15.9 Å². The highest BCUT2D eigenvalue weighted by molar-refractivity contribution is 9.11. The summed E-state index contributed by atoms with van der Waals surface area (Å²) < 4.78 is 1.24. The average molecular weight is 353 g/mol. The summed E-state index contributed by atoms with van der Waals surface area (Å²) in [6.45, 7) is 3.68. The van der Waals surface area contributed by atoms with E-state index in [1.54, 1.807) is 0 Å². The lowest BCUT2D eigenvalue weighted by atomic mass is 10.1. The Labute approximate surface area is 112 Å². The molecule has 4 heteroatoms. The lowest BCUT2D eigenvalue weighted by Crippen LogP contribution is -2.19. The summed E-state index contributed by atoms with van der Waals surface area (Å²) in [6.07, 6.45) is 2.70. The minimum atomic E-state index is 0.910. The van der Waals surface area contributed by atoms with Crippen LogP contribution in [0.1, 0.15) is 17.7 Å². The van der Waals surface area contributed by atoms with Gasteiger partial charge in [0.15, 0.2) is 0 Å². The first-order valence-corrected chi connectivity index (χ1v) is 8.03. The van der Waals surface area contributed by atoms with E-state index in [0.29, 0.717) is 0 Å². The second-order valence-electron chi connectivity index (χ2n) is 4.07. The molecule has 0 amide bonds. The van der Waals surface area contributed by atoms with E-state index < -0.39 is 0 Å². The Balaban J connectivity index is 1.82. The van der Waals surface area contributed by atoms with Crippen molar-refractivity contribution < 1.29 is 0 Å². The van der Waals surface area contributed by atoms with Crippen LogP contribution >= 0.6 is 43.2 Å². The van der Waals surface area contributed by atoms with E-state index in [0.717, 1.165) is 17.8 Å². The van der Waals surface area contributed by atoms with Crippen molar-refractivity contribution >= 4 is 43.2 Å². The summed E-state index contributed by atoms with van der Waals surface area (Å²) in [7, 11) is 0. The molecule has 2 heterocycles. The molecule has 2 rings (SSSR count). The minimum absolute atomic E-state index is 0.910. The summed E-state index contributed by atoms with van der Waals surface area (Å²) in [5.74, 6) is 0.910. The highest BCUT2D eigenvalue weighted by Gasteiger charge is 2.21. The van der Waals surface area contributed by atoms with E-state index in [1.165, 1.54) is 34.6 Å². The third-order valence-electron chi connectivity index (χ3n) is 2.90. The van der Waals surface area contributed by atoms with Gasteiger partial charge in [-0.3, -0.25) is 4.90 Å². The van der Waals surface area contributed by atoms with Crippen molar-refractivity contribution in [1.29, 1.82) is 0 Å². The van der Waals surface area contributed by atoms with Crippen LogP contribution in [0.15, 0.2) is 15.9 Å². The van der Waals surface area contributed by atoms with Crippen LogP contribution < -0.4 is 0 Å². The fourth-order valence-corrected chi connectivity index (χ4v) is 4.28. The predicted octanol–water partition coefficient (Wildman–Crippen LogP) is 4.12. The first-order valence-electron chi connectivity index (χ1n) is 5.30. The first-order chi connectivity index (χ1) is 7.28. The van der Waals surface area contributed by atoms with Crippen LogP contribution in [-0.2, 0) is 6.54 Å². The predicted molar refractivity (Wildman–Crippen MR) is 73.8 cm³/mol. The maximum atomic E-state index is 3.53. The molecule has 0 spiro atoms. The zero-order valence-electron chi connectivity index (χ0n) is 8.59. The molecule has 0 aromatic carbocycles. The van der Waals surface area contributed by atoms with Gasteiger partial charge in [0.25, 0.3) is 0 Å². The topological polar surface area (TPSA) is 3.24 Å². The Morgan fingerprint density at radius 2 is 2.33 bits per heavy atom. The largest absolute Gasteiger partial charge is 0.298 e. The lowest BCUT2D eigenvalue weighted by Gasteiger charge is -2.14. The van der Waals surface area contributed by atoms with Crippen LogP contribution in [0.2, 0.25) is 0 Å². The first kappa shape index (κ1) is 12.1. The molecule has 1 atom stereocenters. The van der Waals surface area contributed by atoms with Crippen molar-refractivity contribution in [2.45, 2.75) is 19.4 Å². The molecule has 1 nitrogen and oxygen atoms in total. The van der Waals surface area contributed by atoms with Crippen LogP contribution in [0.25, 0.3) is 0 Å². The van der Waals surface area contributed by atoms with Crippen LogP contribution in [0.4, 0.5) is 0 Å². The molecule has 15 heavy (non-hydrogen) atoms. The zero-order valence-corrected chi connectivity index (χ0v) is 12.6. The molecule has 1 aromatic rings. The van der Waals surface area contributed by atoms with Gasteiger partial charge in [-0.25, -0.2) is 0 Å². The third kappa shape index (κ3) is 3.55. The number of rotatable bonds is 4. The Morgan fingerprint density at radius 3 is 3.00 bits per heavy atom. The van der Waals surface area contributed by atoms with Crippen molar-refractivity contribution in [3.8, 4) is 0 Å². The average Bonchev–Trinajstić information content (AvgIpc) is 2.78.